The Kier molecular flexibility index (Phi) is 9.65. The number of nitrogens with one attached hydrogen (secondary N) is 1. The van der Waals surface area contributed by atoms with Crippen molar-refractivity contribution in [2.24, 2.45) is 5.92 Å². The number of ether oxygens (including phenoxy) is 3. The van der Waals surface area contributed by atoms with Gasteiger partial charge in [0, 0.05) is 54.8 Å². The summed E-state index contributed by atoms with van der Waals surface area (Å²) in [7, 11) is 0. The molecule has 3 heterocycles. The highest BCUT2D eigenvalue weighted by Crippen LogP contribution is 2.40. The maximum atomic E-state index is 12.6. The number of carboxylic acid groups (broad SMARTS) is 1. The molecule has 2 fully saturated rings. The quantitative estimate of drug-likeness (QED) is 0.336. The molecule has 1 aromatic heterocycles. The number of imidazole rings is 1. The Morgan fingerprint density at radius 3 is 2.51 bits per heavy atom. The number of aromatic nitrogens is 2. The molecule has 11 nitrogen and oxygen atoms in total. The number of aliphatic carboxylic acids is 1. The fourth-order valence-electron chi connectivity index (χ4n) is 5.22. The summed E-state index contributed by atoms with van der Waals surface area (Å²) in [5.74, 6) is -1.67. The van der Waals surface area contributed by atoms with Gasteiger partial charge >= 0.3 is 12.0 Å². The predicted octanol–water partition coefficient (Wildman–Crippen LogP) is 4.48. The van der Waals surface area contributed by atoms with Crippen LogP contribution in [0.2, 0.25) is 10.0 Å². The average molecular weight is 633 g/mol. The van der Waals surface area contributed by atoms with E-state index in [-0.39, 0.29) is 24.7 Å². The van der Waals surface area contributed by atoms with Gasteiger partial charge in [0.25, 0.3) is 0 Å². The first-order valence-electron chi connectivity index (χ1n) is 14.1. The summed E-state index contributed by atoms with van der Waals surface area (Å²) < 4.78 is 20.6. The molecule has 43 heavy (non-hydrogen) atoms. The number of carboxylic acids is 1. The lowest BCUT2D eigenvalue weighted by Crippen LogP contribution is -2.55. The molecule has 0 spiro atoms. The van der Waals surface area contributed by atoms with Crippen molar-refractivity contribution in [1.29, 1.82) is 0 Å². The lowest BCUT2D eigenvalue weighted by molar-refractivity contribution is -0.189. The van der Waals surface area contributed by atoms with E-state index in [1.54, 1.807) is 43.4 Å². The first-order chi connectivity index (χ1) is 20.6. The van der Waals surface area contributed by atoms with Gasteiger partial charge in [-0.3, -0.25) is 0 Å². The van der Waals surface area contributed by atoms with Crippen molar-refractivity contribution in [3.8, 4) is 5.75 Å². The summed E-state index contributed by atoms with van der Waals surface area (Å²) in [5.41, 5.74) is 1.69. The van der Waals surface area contributed by atoms with E-state index in [9.17, 15) is 14.7 Å². The van der Waals surface area contributed by atoms with Crippen LogP contribution in [-0.2, 0) is 26.6 Å². The van der Waals surface area contributed by atoms with Crippen molar-refractivity contribution in [2.75, 3.05) is 44.3 Å². The molecular weight excluding hydrogens is 597 g/mol. The largest absolute Gasteiger partial charge is 0.491 e. The van der Waals surface area contributed by atoms with Crippen molar-refractivity contribution in [1.82, 2.24) is 19.8 Å². The molecule has 2 aliphatic rings. The first kappa shape index (κ1) is 30.9. The third kappa shape index (κ3) is 7.35. The first-order valence-corrected chi connectivity index (χ1v) is 14.9. The van der Waals surface area contributed by atoms with E-state index in [0.717, 1.165) is 5.69 Å². The Hall–Kier alpha value is -3.51. The van der Waals surface area contributed by atoms with E-state index in [4.69, 9.17) is 37.4 Å². The van der Waals surface area contributed by atoms with Gasteiger partial charge < -0.3 is 39.0 Å². The number of benzene rings is 2. The summed E-state index contributed by atoms with van der Waals surface area (Å²) in [6, 6.07) is 11.7. The lowest BCUT2D eigenvalue weighted by Gasteiger charge is -2.36. The molecule has 230 valence electrons. The van der Waals surface area contributed by atoms with Gasteiger partial charge in [-0.25, -0.2) is 14.6 Å². The Morgan fingerprint density at radius 1 is 1.14 bits per heavy atom. The molecule has 0 radical (unpaired) electrons. The number of anilines is 1. The van der Waals surface area contributed by atoms with Crippen LogP contribution < -0.4 is 15.0 Å². The molecule has 2 amide bonds. The number of carbonyl (C=O) groups excluding carboxylic acids is 1. The number of hydrogen-bond donors (Lipinski definition) is 2. The summed E-state index contributed by atoms with van der Waals surface area (Å²) in [4.78, 5) is 32.0. The van der Waals surface area contributed by atoms with Gasteiger partial charge in [-0.2, -0.15) is 0 Å². The zero-order valence-corrected chi connectivity index (χ0v) is 25.5. The van der Waals surface area contributed by atoms with E-state index in [1.807, 2.05) is 41.1 Å². The fourth-order valence-corrected chi connectivity index (χ4v) is 5.78. The minimum Gasteiger partial charge on any atom is -0.491 e. The Balaban J connectivity index is 1.14. The van der Waals surface area contributed by atoms with Crippen LogP contribution in [0.4, 0.5) is 10.5 Å². The van der Waals surface area contributed by atoms with E-state index in [0.29, 0.717) is 60.7 Å². The van der Waals surface area contributed by atoms with Crippen LogP contribution in [0.1, 0.15) is 19.4 Å². The Bertz CT molecular complexity index is 1400. The Labute approximate surface area is 260 Å². The van der Waals surface area contributed by atoms with Gasteiger partial charge in [0.1, 0.15) is 24.5 Å². The molecule has 13 heteroatoms. The molecule has 0 aliphatic carbocycles. The normalized spacial score (nSPS) is 21.2. The molecule has 5 rings (SSSR count). The number of rotatable bonds is 10. The van der Waals surface area contributed by atoms with E-state index >= 15 is 0 Å². The van der Waals surface area contributed by atoms with Crippen LogP contribution in [0.15, 0.2) is 61.2 Å². The van der Waals surface area contributed by atoms with Gasteiger partial charge in [-0.15, -0.1) is 0 Å². The Morgan fingerprint density at radius 2 is 1.88 bits per heavy atom. The van der Waals surface area contributed by atoms with Gasteiger partial charge in [0.2, 0.25) is 5.79 Å². The second kappa shape index (κ2) is 13.4. The molecule has 3 aromatic rings. The number of nitrogens with zero attached hydrogens (tertiary/aromatic N) is 4. The standard InChI is InChI=1S/C30H35Cl2N5O6/c1-20(2)27(28(38)39)34-29(40)37-13-11-36(12-14-37)22-4-6-23(7-5-22)41-16-24-17-42-30(43-24,18-35-10-9-33-19-35)25-8-3-21(31)15-26(25)32/h3-10,15,19-20,24,27H,11-14,16-18H2,1-2H3,(H,34,40)(H,38,39)/t24-,27+,30-/m1/s1. The van der Waals surface area contributed by atoms with Crippen LogP contribution in [0.5, 0.6) is 5.75 Å². The zero-order chi connectivity index (χ0) is 30.6. The van der Waals surface area contributed by atoms with E-state index < -0.39 is 17.8 Å². The van der Waals surface area contributed by atoms with Crippen molar-refractivity contribution in [3.05, 3.63) is 76.8 Å². The third-order valence-corrected chi connectivity index (χ3v) is 8.11. The molecule has 2 saturated heterocycles. The maximum absolute atomic E-state index is 12.6. The number of urea groups is 1. The van der Waals surface area contributed by atoms with Gasteiger partial charge in [0.15, 0.2) is 0 Å². The van der Waals surface area contributed by atoms with E-state index in [2.05, 4.69) is 15.2 Å². The second-order valence-electron chi connectivity index (χ2n) is 11.0. The number of carbonyl (C=O) groups is 2. The van der Waals surface area contributed by atoms with Gasteiger partial charge in [0.05, 0.1) is 24.5 Å². The van der Waals surface area contributed by atoms with Gasteiger partial charge in [-0.05, 0) is 42.3 Å². The van der Waals surface area contributed by atoms with Crippen LogP contribution in [-0.4, -0.2) is 83.1 Å². The SMILES string of the molecule is CC(C)[C@H](NC(=O)N1CCN(c2ccc(OC[C@@H]3CO[C@@](Cn4ccnc4)(c4ccc(Cl)cc4Cl)O3)cc2)CC1)C(=O)O. The van der Waals surface area contributed by atoms with Crippen LogP contribution >= 0.6 is 23.2 Å². The highest BCUT2D eigenvalue weighted by Gasteiger charge is 2.45. The molecule has 2 aliphatic heterocycles. The summed E-state index contributed by atoms with van der Waals surface area (Å²) in [5, 5.41) is 13.0. The predicted molar refractivity (Wildman–Crippen MR) is 162 cm³/mol. The number of halogens is 2. The molecule has 2 N–H and O–H groups in total. The minimum absolute atomic E-state index is 0.205. The average Bonchev–Trinajstić information content (AvgIpc) is 3.65. The van der Waals surface area contributed by atoms with Crippen LogP contribution in [0.3, 0.4) is 0 Å². The monoisotopic (exact) mass is 631 g/mol. The molecule has 0 bridgehead atoms. The lowest BCUT2D eigenvalue weighted by atomic mass is 10.1. The van der Waals surface area contributed by atoms with Crippen LogP contribution in [0.25, 0.3) is 0 Å². The van der Waals surface area contributed by atoms with Crippen molar-refractivity contribution in [3.63, 3.8) is 0 Å². The van der Waals surface area contributed by atoms with Crippen LogP contribution in [0, 0.1) is 5.92 Å². The molecular formula is C30H35Cl2N5O6. The summed E-state index contributed by atoms with van der Waals surface area (Å²) in [6.45, 7) is 6.73. The summed E-state index contributed by atoms with van der Waals surface area (Å²) >= 11 is 12.7. The zero-order valence-electron chi connectivity index (χ0n) is 24.0. The van der Waals surface area contributed by atoms with Crippen molar-refractivity contribution < 1.29 is 28.9 Å². The number of amides is 2. The second-order valence-corrected chi connectivity index (χ2v) is 11.8. The van der Waals surface area contributed by atoms with Crippen molar-refractivity contribution >= 4 is 40.9 Å². The molecule has 0 unspecified atom stereocenters. The molecule has 3 atom stereocenters. The fraction of sp³-hybridized carbons (Fsp3) is 0.433. The van der Waals surface area contributed by atoms with Crippen molar-refractivity contribution in [2.45, 2.75) is 38.3 Å². The highest BCUT2D eigenvalue weighted by atomic mass is 35.5. The smallest absolute Gasteiger partial charge is 0.326 e. The van der Waals surface area contributed by atoms with Gasteiger partial charge in [-0.1, -0.05) is 43.1 Å². The molecule has 2 aromatic carbocycles. The maximum Gasteiger partial charge on any atom is 0.326 e. The highest BCUT2D eigenvalue weighted by molar-refractivity contribution is 6.35. The minimum atomic E-state index is -1.12. The third-order valence-electron chi connectivity index (χ3n) is 7.57. The number of hydrogen-bond acceptors (Lipinski definition) is 7. The topological polar surface area (TPSA) is 118 Å². The molecule has 0 saturated carbocycles. The number of piperazine rings is 1. The van der Waals surface area contributed by atoms with E-state index in [1.165, 1.54) is 0 Å². The summed E-state index contributed by atoms with van der Waals surface area (Å²) in [6.07, 6.45) is 4.88.